The highest BCUT2D eigenvalue weighted by Crippen LogP contribution is 2.12. The maximum atomic E-state index is 6.25. The van der Waals surface area contributed by atoms with E-state index in [-0.39, 0.29) is 5.91 Å². The third-order valence-electron chi connectivity index (χ3n) is 6.85. The zero-order valence-corrected chi connectivity index (χ0v) is 24.5. The number of ether oxygens (including phenoxy) is 2. The van der Waals surface area contributed by atoms with E-state index in [1.807, 2.05) is 0 Å². The fourth-order valence-electron chi connectivity index (χ4n) is 4.58. The standard InChI is InChI=1S/C31H58O2Si/c1-3-5-7-9-11-13-15-17-19-24-28-32-31(34-30-26-22-21-23-27-30)33-29-25-20-18-16-14-12-10-8-6-4-2/h21-23,26-27,31H,3-20,24-25,28-29,34H2,1-2H3. The summed E-state index contributed by atoms with van der Waals surface area (Å²) in [7, 11) is -0.558. The molecule has 0 aromatic heterocycles. The highest BCUT2D eigenvalue weighted by Gasteiger charge is 2.11. The Kier molecular flexibility index (Phi) is 23.5. The van der Waals surface area contributed by atoms with Crippen molar-refractivity contribution in [1.82, 2.24) is 0 Å². The number of hydrogen-bond donors (Lipinski definition) is 0. The van der Waals surface area contributed by atoms with Crippen LogP contribution in [0.5, 0.6) is 0 Å². The first-order chi connectivity index (χ1) is 16.9. The molecular formula is C31H58O2Si. The molecule has 1 rings (SSSR count). The van der Waals surface area contributed by atoms with E-state index in [9.17, 15) is 0 Å². The minimum atomic E-state index is -0.558. The van der Waals surface area contributed by atoms with E-state index in [1.165, 1.54) is 134 Å². The molecule has 2 nitrogen and oxygen atoms in total. The molecule has 3 heteroatoms. The first-order valence-electron chi connectivity index (χ1n) is 15.1. The van der Waals surface area contributed by atoms with Crippen LogP contribution in [0.25, 0.3) is 0 Å². The Balaban J connectivity index is 2.08. The van der Waals surface area contributed by atoms with Gasteiger partial charge in [-0.25, -0.2) is 0 Å². The third-order valence-corrected chi connectivity index (χ3v) is 8.60. The van der Waals surface area contributed by atoms with E-state index >= 15 is 0 Å². The summed E-state index contributed by atoms with van der Waals surface area (Å²) in [6.45, 7) is 6.30. The Hall–Kier alpha value is -0.643. The van der Waals surface area contributed by atoms with Crippen molar-refractivity contribution in [3.05, 3.63) is 30.3 Å². The van der Waals surface area contributed by atoms with Gasteiger partial charge in [-0.05, 0) is 12.8 Å². The molecule has 1 aromatic carbocycles. The topological polar surface area (TPSA) is 18.5 Å². The molecule has 0 saturated carbocycles. The minimum absolute atomic E-state index is 0.0412. The van der Waals surface area contributed by atoms with Crippen molar-refractivity contribution in [2.75, 3.05) is 13.2 Å². The monoisotopic (exact) mass is 490 g/mol. The van der Waals surface area contributed by atoms with E-state index in [0.717, 1.165) is 13.2 Å². The van der Waals surface area contributed by atoms with E-state index in [2.05, 4.69) is 44.2 Å². The van der Waals surface area contributed by atoms with Crippen molar-refractivity contribution >= 4 is 14.7 Å². The highest BCUT2D eigenvalue weighted by atomic mass is 28.2. The molecular weight excluding hydrogens is 432 g/mol. The van der Waals surface area contributed by atoms with Crippen LogP contribution in [-0.2, 0) is 9.47 Å². The van der Waals surface area contributed by atoms with Crippen LogP contribution in [-0.4, -0.2) is 28.6 Å². The largest absolute Gasteiger partial charge is 0.357 e. The van der Waals surface area contributed by atoms with Gasteiger partial charge in [0.25, 0.3) is 0 Å². The summed E-state index contributed by atoms with van der Waals surface area (Å²) in [4.78, 5) is 0. The van der Waals surface area contributed by atoms with Crippen molar-refractivity contribution in [1.29, 1.82) is 0 Å². The fourth-order valence-corrected chi connectivity index (χ4v) is 6.08. The maximum Gasteiger partial charge on any atom is 0.139 e. The molecule has 0 unspecified atom stereocenters. The van der Waals surface area contributed by atoms with Crippen LogP contribution in [0.3, 0.4) is 0 Å². The summed E-state index contributed by atoms with van der Waals surface area (Å²) in [5, 5.41) is 1.44. The Labute approximate surface area is 215 Å². The molecule has 34 heavy (non-hydrogen) atoms. The lowest BCUT2D eigenvalue weighted by Crippen LogP contribution is -2.33. The molecule has 198 valence electrons. The van der Waals surface area contributed by atoms with E-state index in [0.29, 0.717) is 0 Å². The zero-order valence-electron chi connectivity index (χ0n) is 23.0. The summed E-state index contributed by atoms with van der Waals surface area (Å²) in [6, 6.07) is 10.9. The molecule has 0 spiro atoms. The van der Waals surface area contributed by atoms with Crippen molar-refractivity contribution in [2.45, 2.75) is 148 Å². The second kappa shape index (κ2) is 25.4. The molecule has 0 heterocycles. The quantitative estimate of drug-likeness (QED) is 0.0735. The summed E-state index contributed by atoms with van der Waals surface area (Å²) in [5.41, 5.74) is 0. The van der Waals surface area contributed by atoms with Gasteiger partial charge in [-0.1, -0.05) is 165 Å². The smallest absolute Gasteiger partial charge is 0.139 e. The fraction of sp³-hybridized carbons (Fsp3) is 0.806. The predicted octanol–water partition coefficient (Wildman–Crippen LogP) is 8.64. The first-order valence-corrected chi connectivity index (χ1v) is 16.7. The van der Waals surface area contributed by atoms with E-state index in [1.54, 1.807) is 0 Å². The lowest BCUT2D eigenvalue weighted by Gasteiger charge is -2.19. The lowest BCUT2D eigenvalue weighted by molar-refractivity contribution is -0.0915. The Morgan fingerprint density at radius 2 is 0.853 bits per heavy atom. The van der Waals surface area contributed by atoms with Gasteiger partial charge in [0.15, 0.2) is 0 Å². The molecule has 0 fully saturated rings. The molecule has 0 saturated heterocycles. The van der Waals surface area contributed by atoms with Gasteiger partial charge in [0, 0.05) is 13.2 Å². The number of rotatable bonds is 26. The Morgan fingerprint density at radius 1 is 0.500 bits per heavy atom. The van der Waals surface area contributed by atoms with Gasteiger partial charge in [0.2, 0.25) is 0 Å². The Morgan fingerprint density at radius 3 is 1.24 bits per heavy atom. The SMILES string of the molecule is CCCCCCCCCCCCOC(OCCCCCCCCCCCC)[SiH2]c1ccccc1. The molecule has 0 aliphatic heterocycles. The number of benzene rings is 1. The van der Waals surface area contributed by atoms with Crippen LogP contribution in [0.1, 0.15) is 142 Å². The molecule has 0 radical (unpaired) electrons. The summed E-state index contributed by atoms with van der Waals surface area (Å²) in [6.07, 6.45) is 27.3. The van der Waals surface area contributed by atoms with Gasteiger partial charge in [0.1, 0.15) is 15.4 Å². The molecule has 0 bridgehead atoms. The average Bonchev–Trinajstić information content (AvgIpc) is 2.86. The van der Waals surface area contributed by atoms with Gasteiger partial charge in [-0.2, -0.15) is 0 Å². The van der Waals surface area contributed by atoms with Gasteiger partial charge in [-0.15, -0.1) is 0 Å². The summed E-state index contributed by atoms with van der Waals surface area (Å²) >= 11 is 0. The van der Waals surface area contributed by atoms with Crippen LogP contribution in [0, 0.1) is 0 Å². The predicted molar refractivity (Wildman–Crippen MR) is 154 cm³/mol. The van der Waals surface area contributed by atoms with Crippen LogP contribution >= 0.6 is 0 Å². The molecule has 1 aromatic rings. The third kappa shape index (κ3) is 20.7. The maximum absolute atomic E-state index is 6.25. The molecule has 0 amide bonds. The summed E-state index contributed by atoms with van der Waals surface area (Å²) in [5.74, 6) is 0.0412. The average molecular weight is 491 g/mol. The van der Waals surface area contributed by atoms with Crippen LogP contribution < -0.4 is 5.19 Å². The van der Waals surface area contributed by atoms with Crippen molar-refractivity contribution in [2.24, 2.45) is 0 Å². The molecule has 0 N–H and O–H groups in total. The minimum Gasteiger partial charge on any atom is -0.357 e. The first kappa shape index (κ1) is 31.4. The van der Waals surface area contributed by atoms with Gasteiger partial charge >= 0.3 is 0 Å². The molecule has 0 atom stereocenters. The normalized spacial score (nSPS) is 11.9. The second-order valence-corrected chi connectivity index (χ2v) is 12.1. The van der Waals surface area contributed by atoms with Crippen molar-refractivity contribution in [3.63, 3.8) is 0 Å². The summed E-state index contributed by atoms with van der Waals surface area (Å²) < 4.78 is 12.5. The van der Waals surface area contributed by atoms with Crippen molar-refractivity contribution in [3.8, 4) is 0 Å². The molecule has 0 aliphatic carbocycles. The van der Waals surface area contributed by atoms with Gasteiger partial charge in [-0.3, -0.25) is 0 Å². The second-order valence-electron chi connectivity index (χ2n) is 10.2. The Bertz CT molecular complexity index is 481. The van der Waals surface area contributed by atoms with Gasteiger partial charge in [0.05, 0.1) is 0 Å². The van der Waals surface area contributed by atoms with Crippen molar-refractivity contribution < 1.29 is 9.47 Å². The van der Waals surface area contributed by atoms with Crippen LogP contribution in [0.15, 0.2) is 30.3 Å². The van der Waals surface area contributed by atoms with Gasteiger partial charge < -0.3 is 9.47 Å². The van der Waals surface area contributed by atoms with E-state index in [4.69, 9.17) is 9.47 Å². The lowest BCUT2D eigenvalue weighted by atomic mass is 10.1. The van der Waals surface area contributed by atoms with Crippen LogP contribution in [0.2, 0.25) is 0 Å². The highest BCUT2D eigenvalue weighted by molar-refractivity contribution is 6.54. The van der Waals surface area contributed by atoms with E-state index < -0.39 is 9.52 Å². The number of unbranched alkanes of at least 4 members (excludes halogenated alkanes) is 18. The zero-order chi connectivity index (χ0) is 24.4. The molecule has 0 aliphatic rings. The van der Waals surface area contributed by atoms with Crippen LogP contribution in [0.4, 0.5) is 0 Å². The number of hydrogen-bond acceptors (Lipinski definition) is 2.